The van der Waals surface area contributed by atoms with Crippen LogP contribution in [0.1, 0.15) is 19.4 Å². The molecule has 1 N–H and O–H groups in total. The summed E-state index contributed by atoms with van der Waals surface area (Å²) in [6.07, 6.45) is 4.83. The molecular weight excluding hydrogens is 242 g/mol. The smallest absolute Gasteiger partial charge is 0.408 e. The van der Waals surface area contributed by atoms with Crippen LogP contribution in [0, 0.1) is 12.3 Å². The van der Waals surface area contributed by atoms with Crippen LogP contribution in [0.2, 0.25) is 0 Å². The van der Waals surface area contributed by atoms with Gasteiger partial charge in [-0.25, -0.2) is 4.79 Å². The normalized spacial score (nSPS) is 12.3. The lowest BCUT2D eigenvalue weighted by Gasteiger charge is -2.29. The molecule has 1 unspecified atom stereocenters. The molecule has 0 radical (unpaired) electrons. The molecule has 1 rings (SSSR count). The molecule has 1 aromatic rings. The number of nitrogens with one attached hydrogen (secondary N) is 1. The summed E-state index contributed by atoms with van der Waals surface area (Å²) in [7, 11) is 1.54. The SMILES string of the molecule is C#CC(NC(=O)OCc1ccccc1)C(C)(C)OC. The number of terminal acetylenes is 1. The van der Waals surface area contributed by atoms with E-state index >= 15 is 0 Å². The molecule has 0 fully saturated rings. The number of alkyl carbamates (subject to hydrolysis) is 1. The summed E-state index contributed by atoms with van der Waals surface area (Å²) in [4.78, 5) is 11.7. The molecule has 19 heavy (non-hydrogen) atoms. The lowest BCUT2D eigenvalue weighted by Crippen LogP contribution is -2.49. The van der Waals surface area contributed by atoms with Crippen molar-refractivity contribution in [3.63, 3.8) is 0 Å². The van der Waals surface area contributed by atoms with Crippen molar-refractivity contribution in [2.24, 2.45) is 0 Å². The number of amides is 1. The van der Waals surface area contributed by atoms with E-state index in [4.69, 9.17) is 15.9 Å². The maximum Gasteiger partial charge on any atom is 0.408 e. The van der Waals surface area contributed by atoms with Crippen molar-refractivity contribution in [2.45, 2.75) is 32.1 Å². The zero-order chi connectivity index (χ0) is 14.3. The van der Waals surface area contributed by atoms with Gasteiger partial charge in [0.1, 0.15) is 12.6 Å². The van der Waals surface area contributed by atoms with Gasteiger partial charge < -0.3 is 14.8 Å². The van der Waals surface area contributed by atoms with Crippen LogP contribution in [0.3, 0.4) is 0 Å². The molecule has 1 aromatic carbocycles. The van der Waals surface area contributed by atoms with Crippen molar-refractivity contribution in [1.82, 2.24) is 5.32 Å². The van der Waals surface area contributed by atoms with E-state index in [0.717, 1.165) is 5.56 Å². The molecule has 0 aliphatic carbocycles. The second kappa shape index (κ2) is 6.81. The van der Waals surface area contributed by atoms with Crippen molar-refractivity contribution in [1.29, 1.82) is 0 Å². The van der Waals surface area contributed by atoms with Gasteiger partial charge in [0, 0.05) is 7.11 Å². The minimum Gasteiger partial charge on any atom is -0.445 e. The zero-order valence-electron chi connectivity index (χ0n) is 11.5. The van der Waals surface area contributed by atoms with Gasteiger partial charge in [0.05, 0.1) is 5.60 Å². The Morgan fingerprint density at radius 3 is 2.58 bits per heavy atom. The second-order valence-corrected chi connectivity index (χ2v) is 4.61. The number of methoxy groups -OCH3 is 1. The Kier molecular flexibility index (Phi) is 5.40. The van der Waals surface area contributed by atoms with Gasteiger partial charge in [-0.2, -0.15) is 0 Å². The third-order valence-corrected chi connectivity index (χ3v) is 2.86. The number of hydrogen-bond donors (Lipinski definition) is 1. The first-order chi connectivity index (χ1) is 8.99. The van der Waals surface area contributed by atoms with Crippen LogP contribution >= 0.6 is 0 Å². The molecular formula is C15H19NO3. The third kappa shape index (κ3) is 4.65. The molecule has 0 aliphatic heterocycles. The van der Waals surface area contributed by atoms with Crippen LogP contribution in [0.25, 0.3) is 0 Å². The average Bonchev–Trinajstić information content (AvgIpc) is 2.43. The number of benzene rings is 1. The highest BCUT2D eigenvalue weighted by Crippen LogP contribution is 2.13. The molecule has 4 heteroatoms. The molecule has 4 nitrogen and oxygen atoms in total. The zero-order valence-corrected chi connectivity index (χ0v) is 11.5. The first kappa shape index (κ1) is 15.1. The monoisotopic (exact) mass is 261 g/mol. The third-order valence-electron chi connectivity index (χ3n) is 2.86. The fraction of sp³-hybridized carbons (Fsp3) is 0.400. The first-order valence-electron chi connectivity index (χ1n) is 5.98. The van der Waals surface area contributed by atoms with Gasteiger partial charge in [-0.1, -0.05) is 36.3 Å². The van der Waals surface area contributed by atoms with Crippen molar-refractivity contribution in [3.05, 3.63) is 35.9 Å². The van der Waals surface area contributed by atoms with Crippen molar-refractivity contribution in [3.8, 4) is 12.3 Å². The highest BCUT2D eigenvalue weighted by Gasteiger charge is 2.29. The Bertz CT molecular complexity index is 448. The molecule has 102 valence electrons. The van der Waals surface area contributed by atoms with Crippen LogP contribution < -0.4 is 5.32 Å². The summed E-state index contributed by atoms with van der Waals surface area (Å²) >= 11 is 0. The van der Waals surface area contributed by atoms with Gasteiger partial charge in [-0.15, -0.1) is 6.42 Å². The standard InChI is InChI=1S/C15H19NO3/c1-5-13(15(2,3)18-4)16-14(17)19-11-12-9-7-6-8-10-12/h1,6-10,13H,11H2,2-4H3,(H,16,17). The number of carbonyl (C=O) groups is 1. The number of rotatable bonds is 5. The summed E-state index contributed by atoms with van der Waals surface area (Å²) in [5, 5.41) is 2.61. The van der Waals surface area contributed by atoms with Crippen LogP contribution in [-0.2, 0) is 16.1 Å². The molecule has 1 atom stereocenters. The van der Waals surface area contributed by atoms with E-state index in [-0.39, 0.29) is 6.61 Å². The van der Waals surface area contributed by atoms with Gasteiger partial charge in [0.25, 0.3) is 0 Å². The summed E-state index contributed by atoms with van der Waals surface area (Å²) in [6.45, 7) is 3.81. The summed E-state index contributed by atoms with van der Waals surface area (Å²) < 4.78 is 10.3. The van der Waals surface area contributed by atoms with Gasteiger partial charge in [0.15, 0.2) is 0 Å². The van der Waals surface area contributed by atoms with E-state index < -0.39 is 17.7 Å². The molecule has 0 spiro atoms. The maximum atomic E-state index is 11.7. The van der Waals surface area contributed by atoms with Crippen LogP contribution in [0.15, 0.2) is 30.3 Å². The summed E-state index contributed by atoms with van der Waals surface area (Å²) in [6, 6.07) is 8.87. The Morgan fingerprint density at radius 1 is 1.42 bits per heavy atom. The van der Waals surface area contributed by atoms with Gasteiger partial charge in [-0.05, 0) is 19.4 Å². The lowest BCUT2D eigenvalue weighted by molar-refractivity contribution is 0.00450. The lowest BCUT2D eigenvalue weighted by atomic mass is 10.00. The number of hydrogen-bond acceptors (Lipinski definition) is 3. The fourth-order valence-corrected chi connectivity index (χ4v) is 1.42. The molecule has 0 aromatic heterocycles. The molecule has 0 saturated carbocycles. The van der Waals surface area contributed by atoms with Crippen molar-refractivity contribution >= 4 is 6.09 Å². The quantitative estimate of drug-likeness (QED) is 0.828. The molecule has 0 heterocycles. The van der Waals surface area contributed by atoms with Crippen LogP contribution in [0.5, 0.6) is 0 Å². The maximum absolute atomic E-state index is 11.7. The van der Waals surface area contributed by atoms with Crippen molar-refractivity contribution in [2.75, 3.05) is 7.11 Å². The predicted molar refractivity (Wildman–Crippen MR) is 73.5 cm³/mol. The van der Waals surface area contributed by atoms with Gasteiger partial charge >= 0.3 is 6.09 Å². The molecule has 0 bridgehead atoms. The average molecular weight is 261 g/mol. The van der Waals surface area contributed by atoms with E-state index in [1.807, 2.05) is 30.3 Å². The summed E-state index contributed by atoms with van der Waals surface area (Å²) in [5.41, 5.74) is 0.265. The largest absolute Gasteiger partial charge is 0.445 e. The Hall–Kier alpha value is -1.99. The minimum atomic E-state index is -0.652. The minimum absolute atomic E-state index is 0.206. The number of ether oxygens (including phenoxy) is 2. The van der Waals surface area contributed by atoms with Crippen molar-refractivity contribution < 1.29 is 14.3 Å². The van der Waals surface area contributed by atoms with E-state index in [1.165, 1.54) is 0 Å². The highest BCUT2D eigenvalue weighted by atomic mass is 16.5. The van der Waals surface area contributed by atoms with E-state index in [2.05, 4.69) is 11.2 Å². The fourth-order valence-electron chi connectivity index (χ4n) is 1.42. The Morgan fingerprint density at radius 2 is 2.05 bits per heavy atom. The van der Waals surface area contributed by atoms with E-state index in [0.29, 0.717) is 0 Å². The van der Waals surface area contributed by atoms with Gasteiger partial charge in [0.2, 0.25) is 0 Å². The predicted octanol–water partition coefficient (Wildman–Crippen LogP) is 2.34. The number of carbonyl (C=O) groups excluding carboxylic acids is 1. The summed E-state index contributed by atoms with van der Waals surface area (Å²) in [5.74, 6) is 2.49. The Balaban J connectivity index is 2.49. The van der Waals surface area contributed by atoms with E-state index in [1.54, 1.807) is 21.0 Å². The molecule has 0 aliphatic rings. The topological polar surface area (TPSA) is 47.6 Å². The van der Waals surface area contributed by atoms with Gasteiger partial charge in [-0.3, -0.25) is 0 Å². The first-order valence-corrected chi connectivity index (χ1v) is 5.98. The molecule has 1 amide bonds. The van der Waals surface area contributed by atoms with E-state index in [9.17, 15) is 4.79 Å². The molecule has 0 saturated heterocycles. The second-order valence-electron chi connectivity index (χ2n) is 4.61. The van der Waals surface area contributed by atoms with Crippen LogP contribution in [0.4, 0.5) is 4.79 Å². The Labute approximate surface area is 114 Å². The van der Waals surface area contributed by atoms with Crippen LogP contribution in [-0.4, -0.2) is 24.8 Å². The highest BCUT2D eigenvalue weighted by molar-refractivity contribution is 5.68.